The highest BCUT2D eigenvalue weighted by atomic mass is 28.4. The van der Waals surface area contributed by atoms with Crippen LogP contribution in [0.1, 0.15) is 70.7 Å². The first-order valence-corrected chi connectivity index (χ1v) is 15.9. The summed E-state index contributed by atoms with van der Waals surface area (Å²) in [6.45, 7) is 11.4. The molecule has 1 N–H and O–H groups in total. The molecule has 0 saturated heterocycles. The molecule has 1 heterocycles. The summed E-state index contributed by atoms with van der Waals surface area (Å²) in [7, 11) is -2.01. The van der Waals surface area contributed by atoms with Gasteiger partial charge in [-0.25, -0.2) is 0 Å². The van der Waals surface area contributed by atoms with Crippen molar-refractivity contribution in [3.8, 4) is 0 Å². The third-order valence-corrected chi connectivity index (χ3v) is 11.8. The number of rotatable bonds is 12. The van der Waals surface area contributed by atoms with Crippen molar-refractivity contribution < 1.29 is 9.22 Å². The zero-order chi connectivity index (χ0) is 25.3. The van der Waals surface area contributed by atoms with Crippen molar-refractivity contribution >= 4 is 14.1 Å². The largest absolute Gasteiger partial charge is 0.547 e. The monoisotopic (exact) mass is 494 g/mol. The van der Waals surface area contributed by atoms with Gasteiger partial charge in [-0.3, -0.25) is 4.79 Å². The first-order valence-electron chi connectivity index (χ1n) is 13.0. The SMILES string of the molecule is CC(C)(C)[Si](C)(C)OC(=CCCc1ccccc1)[C@H]1CCC(=O)[C@H]1C/C=C\CCCc1nn[nH]n1. The van der Waals surface area contributed by atoms with Crippen molar-refractivity contribution in [2.24, 2.45) is 11.8 Å². The van der Waals surface area contributed by atoms with Gasteiger partial charge in [0, 0.05) is 24.7 Å². The highest BCUT2D eigenvalue weighted by Gasteiger charge is 2.43. The quantitative estimate of drug-likeness (QED) is 0.155. The Bertz CT molecular complexity index is 978. The second kappa shape index (κ2) is 12.4. The first-order chi connectivity index (χ1) is 16.7. The number of carbonyl (C=O) groups is 1. The van der Waals surface area contributed by atoms with Crippen molar-refractivity contribution in [3.63, 3.8) is 0 Å². The number of allylic oxidation sites excluding steroid dienone is 4. The third-order valence-electron chi connectivity index (χ3n) is 7.48. The van der Waals surface area contributed by atoms with Crippen LogP contribution in [0.15, 0.2) is 54.3 Å². The number of tetrazole rings is 1. The van der Waals surface area contributed by atoms with Crippen LogP contribution in [-0.2, 0) is 22.1 Å². The topological polar surface area (TPSA) is 80.8 Å². The van der Waals surface area contributed by atoms with E-state index in [4.69, 9.17) is 4.43 Å². The Morgan fingerprint density at radius 2 is 1.91 bits per heavy atom. The Kier molecular flexibility index (Phi) is 9.60. The van der Waals surface area contributed by atoms with Gasteiger partial charge in [0.2, 0.25) is 8.32 Å². The lowest BCUT2D eigenvalue weighted by atomic mass is 9.89. The van der Waals surface area contributed by atoms with Crippen molar-refractivity contribution in [3.05, 3.63) is 65.7 Å². The predicted octanol–water partition coefficient (Wildman–Crippen LogP) is 6.60. The molecule has 2 atom stereocenters. The molecule has 35 heavy (non-hydrogen) atoms. The molecular weight excluding hydrogens is 452 g/mol. The number of hydrogen-bond acceptors (Lipinski definition) is 5. The van der Waals surface area contributed by atoms with Gasteiger partial charge in [-0.1, -0.05) is 68.5 Å². The molecule has 1 aromatic heterocycles. The van der Waals surface area contributed by atoms with Crippen LogP contribution in [0.5, 0.6) is 0 Å². The molecular formula is C28H42N4O2Si. The number of hydrogen-bond donors (Lipinski definition) is 1. The van der Waals surface area contributed by atoms with E-state index in [1.54, 1.807) is 0 Å². The second-order valence-corrected chi connectivity index (χ2v) is 15.9. The minimum Gasteiger partial charge on any atom is -0.547 e. The van der Waals surface area contributed by atoms with Crippen LogP contribution < -0.4 is 0 Å². The molecule has 0 amide bonds. The van der Waals surface area contributed by atoms with Gasteiger partial charge in [0.1, 0.15) is 5.78 Å². The summed E-state index contributed by atoms with van der Waals surface area (Å²) < 4.78 is 6.89. The standard InChI is InChI=1S/C28H42N4O2Si/c1-28(2,3)35(4,5)34-26(18-13-16-22-14-9-8-10-15-22)24-20-21-25(33)23(24)17-11-6-7-12-19-27-29-31-32-30-27/h6,8-11,14-15,18,23-24H,7,12-13,16-17,19-21H2,1-5H3,(H,29,30,31,32)/b11-6-,26-18?/t23-,24-/m0/s1. The molecule has 1 saturated carbocycles. The minimum absolute atomic E-state index is 0.0104. The fourth-order valence-electron chi connectivity index (χ4n) is 4.31. The van der Waals surface area contributed by atoms with Crippen molar-refractivity contribution in [2.45, 2.75) is 90.3 Å². The summed E-state index contributed by atoms with van der Waals surface area (Å²) in [5, 5.41) is 14.2. The maximum absolute atomic E-state index is 12.9. The Balaban J connectivity index is 1.66. The summed E-state index contributed by atoms with van der Waals surface area (Å²) in [6, 6.07) is 10.6. The number of unbranched alkanes of at least 4 members (excludes halogenated alkanes) is 1. The maximum atomic E-state index is 12.9. The van der Waals surface area contributed by atoms with Crippen LogP contribution in [-0.4, -0.2) is 34.7 Å². The average Bonchev–Trinajstić information content (AvgIpc) is 3.45. The lowest BCUT2D eigenvalue weighted by Crippen LogP contribution is -2.41. The van der Waals surface area contributed by atoms with Crippen LogP contribution in [0.3, 0.4) is 0 Å². The predicted molar refractivity (Wildman–Crippen MR) is 143 cm³/mol. The fraction of sp³-hybridized carbons (Fsp3) is 0.571. The van der Waals surface area contributed by atoms with Gasteiger partial charge in [-0.2, -0.15) is 5.21 Å². The molecule has 6 nitrogen and oxygen atoms in total. The van der Waals surface area contributed by atoms with Crippen molar-refractivity contribution in [2.75, 3.05) is 0 Å². The van der Waals surface area contributed by atoms with Crippen molar-refractivity contribution in [1.29, 1.82) is 0 Å². The molecule has 0 aliphatic heterocycles. The maximum Gasteiger partial charge on any atom is 0.250 e. The Hall–Kier alpha value is -2.54. The van der Waals surface area contributed by atoms with Crippen molar-refractivity contribution in [1.82, 2.24) is 20.6 Å². The summed E-state index contributed by atoms with van der Waals surface area (Å²) in [5.41, 5.74) is 1.33. The lowest BCUT2D eigenvalue weighted by Gasteiger charge is -2.39. The third kappa shape index (κ3) is 7.99. The Labute approximate surface area is 211 Å². The number of nitrogens with zero attached hydrogens (tertiary/aromatic N) is 3. The molecule has 0 bridgehead atoms. The molecule has 1 aromatic carbocycles. The van der Waals surface area contributed by atoms with Crippen LogP contribution in [0, 0.1) is 11.8 Å². The zero-order valence-corrected chi connectivity index (χ0v) is 23.1. The van der Waals surface area contributed by atoms with E-state index in [9.17, 15) is 4.79 Å². The molecule has 1 aliphatic carbocycles. The number of carbonyl (C=O) groups excluding carboxylic acids is 1. The number of aromatic nitrogens is 4. The molecule has 0 radical (unpaired) electrons. The van der Waals surface area contributed by atoms with Gasteiger partial charge in [0.05, 0.1) is 5.76 Å². The second-order valence-electron chi connectivity index (χ2n) is 11.1. The van der Waals surface area contributed by atoms with Gasteiger partial charge in [-0.05, 0) is 68.3 Å². The molecule has 1 aliphatic rings. The van der Waals surface area contributed by atoms with Gasteiger partial charge < -0.3 is 4.43 Å². The number of ketones is 1. The van der Waals surface area contributed by atoms with Gasteiger partial charge >= 0.3 is 0 Å². The highest BCUT2D eigenvalue weighted by molar-refractivity contribution is 6.74. The number of aromatic amines is 1. The highest BCUT2D eigenvalue weighted by Crippen LogP contribution is 2.43. The minimum atomic E-state index is -2.01. The number of benzene rings is 1. The molecule has 190 valence electrons. The van der Waals surface area contributed by atoms with E-state index in [-0.39, 0.29) is 16.9 Å². The van der Waals surface area contributed by atoms with Gasteiger partial charge in [-0.15, -0.1) is 10.2 Å². The van der Waals surface area contributed by atoms with Crippen LogP contribution in [0.2, 0.25) is 18.1 Å². The number of Topliss-reactive ketones (excluding diaryl/α,β-unsaturated/α-hetero) is 1. The van der Waals surface area contributed by atoms with Crippen LogP contribution in [0.25, 0.3) is 0 Å². The van der Waals surface area contributed by atoms with Gasteiger partial charge in [0.25, 0.3) is 0 Å². The Morgan fingerprint density at radius 1 is 1.14 bits per heavy atom. The van der Waals surface area contributed by atoms with E-state index >= 15 is 0 Å². The summed E-state index contributed by atoms with van der Waals surface area (Å²) in [5.74, 6) is 2.37. The molecule has 0 unspecified atom stereocenters. The van der Waals surface area contributed by atoms with E-state index in [1.807, 2.05) is 0 Å². The molecule has 3 rings (SSSR count). The summed E-state index contributed by atoms with van der Waals surface area (Å²) in [6.07, 6.45) is 13.6. The number of H-pyrrole nitrogens is 1. The van der Waals surface area contributed by atoms with E-state index in [0.29, 0.717) is 12.2 Å². The molecule has 0 spiro atoms. The molecule has 7 heteroatoms. The Morgan fingerprint density at radius 3 is 2.60 bits per heavy atom. The molecule has 2 aromatic rings. The average molecular weight is 495 g/mol. The lowest BCUT2D eigenvalue weighted by molar-refractivity contribution is -0.121. The molecule has 1 fully saturated rings. The normalized spacial score (nSPS) is 19.6. The fourth-order valence-corrected chi connectivity index (χ4v) is 5.44. The van der Waals surface area contributed by atoms with E-state index in [2.05, 4.69) is 103 Å². The number of nitrogens with one attached hydrogen (secondary N) is 1. The van der Waals surface area contributed by atoms with Crippen LogP contribution >= 0.6 is 0 Å². The van der Waals surface area contributed by atoms with E-state index in [0.717, 1.165) is 56.5 Å². The first kappa shape index (κ1) is 27.1. The van der Waals surface area contributed by atoms with Crippen LogP contribution in [0.4, 0.5) is 0 Å². The summed E-state index contributed by atoms with van der Waals surface area (Å²) in [4.78, 5) is 12.9. The van der Waals surface area contributed by atoms with E-state index < -0.39 is 8.32 Å². The zero-order valence-electron chi connectivity index (χ0n) is 22.1. The number of aryl methyl sites for hydroxylation is 2. The van der Waals surface area contributed by atoms with Gasteiger partial charge in [0.15, 0.2) is 5.82 Å². The smallest absolute Gasteiger partial charge is 0.250 e. The summed E-state index contributed by atoms with van der Waals surface area (Å²) >= 11 is 0. The van der Waals surface area contributed by atoms with E-state index in [1.165, 1.54) is 5.56 Å².